The van der Waals surface area contributed by atoms with E-state index in [0.717, 1.165) is 17.0 Å². The van der Waals surface area contributed by atoms with E-state index in [4.69, 9.17) is 12.3 Å². The summed E-state index contributed by atoms with van der Waals surface area (Å²) < 4.78 is 79.6. The zero-order chi connectivity index (χ0) is 31.3. The number of hydrogen-bond acceptors (Lipinski definition) is 9. The third-order valence-electron chi connectivity index (χ3n) is 5.71. The third kappa shape index (κ3) is 3.67. The lowest BCUT2D eigenvalue weighted by Crippen LogP contribution is -2.36. The minimum absolute atomic E-state index is 0.0607. The highest BCUT2D eigenvalue weighted by Crippen LogP contribution is 2.38. The molecule has 0 aromatic carbocycles. The highest BCUT2D eigenvalue weighted by atomic mass is 16.5. The van der Waals surface area contributed by atoms with Gasteiger partial charge in [0.1, 0.15) is 5.52 Å². The van der Waals surface area contributed by atoms with Crippen LogP contribution in [0.15, 0.2) is 30.6 Å². The Morgan fingerprint density at radius 3 is 2.88 bits per heavy atom. The number of carbonyl (C=O) groups is 1. The standard InChI is InChI=1S/C23H25N9O2/c1-13-9-15(13)23(33)26-18-10-16-17(11-25-22(24-2)20(16)29-28-18)21-27-19-4-3-14(12-32(19)30-21)31-5-7-34-8-6-31/h3-4,10-13,15H,5-9H2,1-2H3,(H,24,25)(H,26,28,33)/t13-,15+/m1/s1/i5D2,6D2,7D2,8D2,12D. The van der Waals surface area contributed by atoms with Crippen LogP contribution in [-0.4, -0.2) is 68.8 Å². The van der Waals surface area contributed by atoms with Gasteiger partial charge < -0.3 is 20.3 Å². The number of amides is 1. The molecule has 2 N–H and O–H groups in total. The molecular weight excluding hydrogens is 434 g/mol. The lowest BCUT2D eigenvalue weighted by atomic mass is 10.1. The second kappa shape index (κ2) is 8.17. The third-order valence-corrected chi connectivity index (χ3v) is 5.71. The number of hydrogen-bond donors (Lipinski definition) is 2. The Morgan fingerprint density at radius 1 is 1.29 bits per heavy atom. The van der Waals surface area contributed by atoms with E-state index in [9.17, 15) is 4.79 Å². The number of nitrogens with one attached hydrogen (secondary N) is 2. The van der Waals surface area contributed by atoms with Crippen molar-refractivity contribution in [2.75, 3.05) is 48.7 Å². The first kappa shape index (κ1) is 13.1. The van der Waals surface area contributed by atoms with Crippen molar-refractivity contribution in [3.63, 3.8) is 0 Å². The Hall–Kier alpha value is -3.86. The van der Waals surface area contributed by atoms with Gasteiger partial charge in [-0.05, 0) is 30.5 Å². The highest BCUT2D eigenvalue weighted by molar-refractivity contribution is 6.01. The molecule has 4 aromatic rings. The van der Waals surface area contributed by atoms with Gasteiger partial charge in [0.15, 0.2) is 23.1 Å². The largest absolute Gasteiger partial charge is 0.378 e. The predicted octanol–water partition coefficient (Wildman–Crippen LogP) is 2.21. The van der Waals surface area contributed by atoms with E-state index in [1.165, 1.54) is 12.3 Å². The van der Waals surface area contributed by atoms with Crippen LogP contribution in [0, 0.1) is 11.8 Å². The number of ether oxygens (including phenoxy) is 1. The SMILES string of the molecule is [2H]c1c(N2C([2H])([2H])C([2H])([2H])OC([2H])([2H])C2([2H])[2H])ccc2nc(-c3cnc(NC)c4nnc(NC(=O)[C@H]5C[C@H]5C)cc34)nn12. The number of aromatic nitrogens is 6. The van der Waals surface area contributed by atoms with E-state index in [0.29, 0.717) is 22.3 Å². The molecule has 5 heterocycles. The van der Waals surface area contributed by atoms with Crippen molar-refractivity contribution >= 4 is 39.8 Å². The van der Waals surface area contributed by atoms with Crippen LogP contribution in [-0.2, 0) is 9.53 Å². The summed E-state index contributed by atoms with van der Waals surface area (Å²) in [5.74, 6) is 0.688. The van der Waals surface area contributed by atoms with Crippen LogP contribution < -0.4 is 15.5 Å². The van der Waals surface area contributed by atoms with Gasteiger partial charge in [0.05, 0.1) is 37.3 Å². The summed E-state index contributed by atoms with van der Waals surface area (Å²) in [4.78, 5) is 21.6. The van der Waals surface area contributed by atoms with Gasteiger partial charge in [-0.25, -0.2) is 14.5 Å². The van der Waals surface area contributed by atoms with Gasteiger partial charge in [-0.1, -0.05) is 6.92 Å². The lowest BCUT2D eigenvalue weighted by molar-refractivity contribution is -0.117. The van der Waals surface area contributed by atoms with Crippen LogP contribution in [0.3, 0.4) is 0 Å². The second-order valence-corrected chi connectivity index (χ2v) is 7.97. The fraction of sp³-hybridized carbons (Fsp3) is 0.391. The Bertz CT molecular complexity index is 1770. The first-order valence-electron chi connectivity index (χ1n) is 15.0. The maximum atomic E-state index is 12.5. The molecule has 1 amide bonds. The highest BCUT2D eigenvalue weighted by Gasteiger charge is 2.39. The number of pyridine rings is 2. The van der Waals surface area contributed by atoms with Crippen LogP contribution in [0.25, 0.3) is 27.9 Å². The molecule has 0 spiro atoms. The van der Waals surface area contributed by atoms with Gasteiger partial charge in [-0.3, -0.25) is 4.79 Å². The van der Waals surface area contributed by atoms with E-state index < -0.39 is 38.0 Å². The first-order valence-corrected chi connectivity index (χ1v) is 10.5. The van der Waals surface area contributed by atoms with Crippen LogP contribution in [0.4, 0.5) is 17.3 Å². The predicted molar refractivity (Wildman–Crippen MR) is 128 cm³/mol. The van der Waals surface area contributed by atoms with Crippen molar-refractivity contribution < 1.29 is 21.9 Å². The van der Waals surface area contributed by atoms with Crippen molar-refractivity contribution in [1.29, 1.82) is 0 Å². The molecular formula is C23H25N9O2. The van der Waals surface area contributed by atoms with Gasteiger partial charge in [0.2, 0.25) is 5.91 Å². The van der Waals surface area contributed by atoms with E-state index in [1.54, 1.807) is 13.1 Å². The van der Waals surface area contributed by atoms with Gasteiger partial charge in [0.25, 0.3) is 0 Å². The summed E-state index contributed by atoms with van der Waals surface area (Å²) >= 11 is 0. The molecule has 4 aromatic heterocycles. The Balaban J connectivity index is 1.47. The molecule has 0 unspecified atom stereocenters. The summed E-state index contributed by atoms with van der Waals surface area (Å²) in [5, 5.41) is 18.9. The van der Waals surface area contributed by atoms with Crippen molar-refractivity contribution in [2.24, 2.45) is 11.8 Å². The minimum atomic E-state index is -3.29. The Morgan fingerprint density at radius 2 is 2.12 bits per heavy atom. The number of nitrogens with zero attached hydrogens (tertiary/aromatic N) is 7. The maximum Gasteiger partial charge on any atom is 0.228 e. The van der Waals surface area contributed by atoms with Gasteiger partial charge in [-0.2, -0.15) is 0 Å². The molecule has 0 radical (unpaired) electrons. The molecule has 2 atom stereocenters. The zero-order valence-corrected chi connectivity index (χ0v) is 18.1. The zero-order valence-electron chi connectivity index (χ0n) is 27.1. The first-order chi connectivity index (χ1) is 20.0. The van der Waals surface area contributed by atoms with Crippen molar-refractivity contribution in [2.45, 2.75) is 13.3 Å². The molecule has 2 fully saturated rings. The van der Waals surface area contributed by atoms with Crippen LogP contribution in [0.1, 0.15) is 25.7 Å². The second-order valence-electron chi connectivity index (χ2n) is 7.97. The Labute approximate surface area is 208 Å². The van der Waals surface area contributed by atoms with Crippen molar-refractivity contribution in [1.82, 2.24) is 29.8 Å². The van der Waals surface area contributed by atoms with E-state index in [-0.39, 0.29) is 39.9 Å². The monoisotopic (exact) mass is 468 g/mol. The normalized spacial score (nSPS) is 29.8. The number of carbonyl (C=O) groups excluding carboxylic acids is 1. The number of morpholine rings is 1. The average molecular weight is 469 g/mol. The van der Waals surface area contributed by atoms with E-state index in [2.05, 4.69) is 40.6 Å². The number of rotatable bonds is 5. The molecule has 11 heteroatoms. The van der Waals surface area contributed by atoms with Crippen LogP contribution in [0.2, 0.25) is 0 Å². The van der Waals surface area contributed by atoms with E-state index >= 15 is 0 Å². The fourth-order valence-corrected chi connectivity index (χ4v) is 3.72. The number of fused-ring (bicyclic) bond motifs is 2. The molecule has 11 nitrogen and oxygen atoms in total. The maximum absolute atomic E-state index is 12.5. The molecule has 1 aliphatic heterocycles. The summed E-state index contributed by atoms with van der Waals surface area (Å²) in [6, 6.07) is 4.06. The molecule has 2 aliphatic rings. The van der Waals surface area contributed by atoms with Crippen molar-refractivity contribution in [3.05, 3.63) is 30.6 Å². The molecule has 1 saturated heterocycles. The van der Waals surface area contributed by atoms with Crippen molar-refractivity contribution in [3.8, 4) is 11.4 Å². The molecule has 1 aliphatic carbocycles. The molecule has 1 saturated carbocycles. The molecule has 6 rings (SSSR count). The summed E-state index contributed by atoms with van der Waals surface area (Å²) in [6.45, 7) is -11.1. The Kier molecular flexibility index (Phi) is 3.16. The summed E-state index contributed by atoms with van der Waals surface area (Å²) in [6.07, 6.45) is 1.66. The van der Waals surface area contributed by atoms with Crippen LogP contribution >= 0.6 is 0 Å². The topological polar surface area (TPSA) is 122 Å². The molecule has 34 heavy (non-hydrogen) atoms. The molecule has 0 bridgehead atoms. The fourth-order valence-electron chi connectivity index (χ4n) is 3.72. The van der Waals surface area contributed by atoms with Gasteiger partial charge in [-0.15, -0.1) is 15.3 Å². The van der Waals surface area contributed by atoms with E-state index in [1.807, 2.05) is 6.92 Å². The summed E-state index contributed by atoms with van der Waals surface area (Å²) in [7, 11) is 1.65. The minimum Gasteiger partial charge on any atom is -0.378 e. The average Bonchev–Trinajstić information content (AvgIpc) is 3.49. The quantitative estimate of drug-likeness (QED) is 0.454. The van der Waals surface area contributed by atoms with Gasteiger partial charge >= 0.3 is 0 Å². The number of anilines is 3. The van der Waals surface area contributed by atoms with Gasteiger partial charge in [0, 0.05) is 43.1 Å². The molecule has 174 valence electrons. The lowest BCUT2D eigenvalue weighted by Gasteiger charge is -2.28. The smallest absolute Gasteiger partial charge is 0.228 e. The van der Waals surface area contributed by atoms with Crippen LogP contribution in [0.5, 0.6) is 0 Å². The summed E-state index contributed by atoms with van der Waals surface area (Å²) in [5.41, 5.74) is 0.318.